The first-order valence-corrected chi connectivity index (χ1v) is 3.41. The molecule has 0 aliphatic carbocycles. The lowest BCUT2D eigenvalue weighted by Crippen LogP contribution is -2.45. The number of nitrogens with one attached hydrogen (secondary N) is 1. The zero-order valence-corrected chi connectivity index (χ0v) is 6.13. The molecule has 0 spiro atoms. The van der Waals surface area contributed by atoms with Crippen LogP contribution in [0.5, 0.6) is 0 Å². The first-order chi connectivity index (χ1) is 4.84. The van der Waals surface area contributed by atoms with E-state index in [0.29, 0.717) is 0 Å². The molecule has 1 aliphatic rings. The van der Waals surface area contributed by atoms with E-state index in [1.54, 1.807) is 0 Å². The van der Waals surface area contributed by atoms with Gasteiger partial charge in [0.25, 0.3) is 0 Å². The van der Waals surface area contributed by atoms with Crippen LogP contribution in [0.1, 0.15) is 6.42 Å². The maximum Gasteiger partial charge on any atom is 0.106 e. The van der Waals surface area contributed by atoms with Crippen LogP contribution in [0.25, 0.3) is 0 Å². The molecular formula is C6H13N3O. The number of nitrogens with two attached hydrogens (primary N) is 1. The Bertz CT molecular complexity index is 135. The Morgan fingerprint density at radius 1 is 1.80 bits per heavy atom. The van der Waals surface area contributed by atoms with Crippen LogP contribution in [-0.4, -0.2) is 32.0 Å². The van der Waals surface area contributed by atoms with Crippen molar-refractivity contribution in [3.05, 3.63) is 0 Å². The third-order valence-electron chi connectivity index (χ3n) is 1.57. The Balaban J connectivity index is 2.47. The molecule has 1 saturated heterocycles. The monoisotopic (exact) mass is 143 g/mol. The summed E-state index contributed by atoms with van der Waals surface area (Å²) < 4.78 is 0. The lowest BCUT2D eigenvalue weighted by atomic mass is 10.1. The molecule has 1 aliphatic heterocycles. The largest absolute Gasteiger partial charge is 0.399 e. The van der Waals surface area contributed by atoms with Crippen molar-refractivity contribution < 1.29 is 4.84 Å². The van der Waals surface area contributed by atoms with Crippen LogP contribution in [0.2, 0.25) is 0 Å². The fourth-order valence-corrected chi connectivity index (χ4v) is 0.989. The zero-order chi connectivity index (χ0) is 7.40. The lowest BCUT2D eigenvalue weighted by molar-refractivity contribution is 0.210. The Kier molecular flexibility index (Phi) is 2.65. The third-order valence-corrected chi connectivity index (χ3v) is 1.57. The van der Waals surface area contributed by atoms with Gasteiger partial charge in [-0.3, -0.25) is 0 Å². The van der Waals surface area contributed by atoms with E-state index < -0.39 is 0 Å². The summed E-state index contributed by atoms with van der Waals surface area (Å²) >= 11 is 0. The summed E-state index contributed by atoms with van der Waals surface area (Å²) in [6.07, 6.45) is 0.947. The van der Waals surface area contributed by atoms with Gasteiger partial charge in [0.2, 0.25) is 0 Å². The SMILES string of the molecule is CO/N=C1/CNCCC1N. The predicted molar refractivity (Wildman–Crippen MR) is 39.9 cm³/mol. The zero-order valence-electron chi connectivity index (χ0n) is 6.13. The second-order valence-corrected chi connectivity index (χ2v) is 2.34. The molecule has 0 bridgehead atoms. The average Bonchev–Trinajstić information content (AvgIpc) is 1.94. The van der Waals surface area contributed by atoms with Crippen molar-refractivity contribution in [3.63, 3.8) is 0 Å². The Labute approximate surface area is 60.4 Å². The maximum absolute atomic E-state index is 5.71. The van der Waals surface area contributed by atoms with E-state index in [9.17, 15) is 0 Å². The molecule has 1 atom stereocenters. The highest BCUT2D eigenvalue weighted by Gasteiger charge is 2.15. The summed E-state index contributed by atoms with van der Waals surface area (Å²) in [4.78, 5) is 4.62. The minimum Gasteiger partial charge on any atom is -0.399 e. The molecule has 1 unspecified atom stereocenters. The number of hydrogen-bond acceptors (Lipinski definition) is 4. The standard InChI is InChI=1S/C6H13N3O/c1-10-9-6-4-8-3-2-5(6)7/h5,8H,2-4,7H2,1H3/b9-6-. The van der Waals surface area contributed by atoms with Crippen LogP contribution in [0, 0.1) is 0 Å². The van der Waals surface area contributed by atoms with E-state index in [1.165, 1.54) is 7.11 Å². The van der Waals surface area contributed by atoms with Crippen LogP contribution < -0.4 is 11.1 Å². The second kappa shape index (κ2) is 3.53. The molecule has 0 aromatic rings. The third kappa shape index (κ3) is 1.68. The van der Waals surface area contributed by atoms with Gasteiger partial charge < -0.3 is 15.9 Å². The summed E-state index contributed by atoms with van der Waals surface area (Å²) in [5.41, 5.74) is 6.63. The summed E-state index contributed by atoms with van der Waals surface area (Å²) in [5.74, 6) is 0. The van der Waals surface area contributed by atoms with E-state index >= 15 is 0 Å². The molecule has 58 valence electrons. The number of hydrogen-bond donors (Lipinski definition) is 2. The van der Waals surface area contributed by atoms with Crippen molar-refractivity contribution in [2.45, 2.75) is 12.5 Å². The maximum atomic E-state index is 5.71. The van der Waals surface area contributed by atoms with E-state index in [4.69, 9.17) is 5.73 Å². The van der Waals surface area contributed by atoms with E-state index in [-0.39, 0.29) is 6.04 Å². The van der Waals surface area contributed by atoms with Crippen LogP contribution in [0.15, 0.2) is 5.16 Å². The molecule has 3 N–H and O–H groups in total. The van der Waals surface area contributed by atoms with Gasteiger partial charge in [-0.25, -0.2) is 0 Å². The second-order valence-electron chi connectivity index (χ2n) is 2.34. The van der Waals surface area contributed by atoms with Crippen LogP contribution in [0.3, 0.4) is 0 Å². The smallest absolute Gasteiger partial charge is 0.106 e. The summed E-state index contributed by atoms with van der Waals surface area (Å²) in [6.45, 7) is 1.74. The highest BCUT2D eigenvalue weighted by atomic mass is 16.6. The molecule has 0 radical (unpaired) electrons. The highest BCUT2D eigenvalue weighted by molar-refractivity contribution is 5.91. The fourth-order valence-electron chi connectivity index (χ4n) is 0.989. The Hall–Kier alpha value is -0.610. The number of oxime groups is 1. The molecule has 1 heterocycles. The molecule has 10 heavy (non-hydrogen) atoms. The predicted octanol–water partition coefficient (Wildman–Crippen LogP) is -0.691. The van der Waals surface area contributed by atoms with E-state index in [2.05, 4.69) is 15.3 Å². The summed E-state index contributed by atoms with van der Waals surface area (Å²) in [6, 6.07) is 0.0844. The summed E-state index contributed by atoms with van der Waals surface area (Å²) in [7, 11) is 1.54. The fraction of sp³-hybridized carbons (Fsp3) is 0.833. The molecule has 1 rings (SSSR count). The summed E-state index contributed by atoms with van der Waals surface area (Å²) in [5, 5.41) is 6.95. The van der Waals surface area contributed by atoms with Crippen molar-refractivity contribution in [3.8, 4) is 0 Å². The van der Waals surface area contributed by atoms with E-state index in [1.807, 2.05) is 0 Å². The van der Waals surface area contributed by atoms with Crippen molar-refractivity contribution in [1.29, 1.82) is 0 Å². The van der Waals surface area contributed by atoms with Gasteiger partial charge in [0.05, 0.1) is 5.71 Å². The Morgan fingerprint density at radius 3 is 3.20 bits per heavy atom. The van der Waals surface area contributed by atoms with Crippen LogP contribution >= 0.6 is 0 Å². The molecule has 0 amide bonds. The number of rotatable bonds is 1. The van der Waals surface area contributed by atoms with Crippen molar-refractivity contribution in [1.82, 2.24) is 5.32 Å². The van der Waals surface area contributed by atoms with Gasteiger partial charge in [0.15, 0.2) is 0 Å². The molecule has 0 aromatic carbocycles. The van der Waals surface area contributed by atoms with Gasteiger partial charge in [-0.05, 0) is 13.0 Å². The van der Waals surface area contributed by atoms with Gasteiger partial charge in [-0.15, -0.1) is 0 Å². The van der Waals surface area contributed by atoms with Crippen LogP contribution in [-0.2, 0) is 4.84 Å². The van der Waals surface area contributed by atoms with Crippen molar-refractivity contribution in [2.75, 3.05) is 20.2 Å². The topological polar surface area (TPSA) is 59.6 Å². The molecule has 4 heteroatoms. The van der Waals surface area contributed by atoms with Gasteiger partial charge in [-0.1, -0.05) is 5.16 Å². The van der Waals surface area contributed by atoms with Crippen LogP contribution in [0.4, 0.5) is 0 Å². The normalized spacial score (nSPS) is 30.6. The van der Waals surface area contributed by atoms with Crippen molar-refractivity contribution in [2.24, 2.45) is 10.9 Å². The molecule has 1 fully saturated rings. The van der Waals surface area contributed by atoms with E-state index in [0.717, 1.165) is 25.2 Å². The van der Waals surface area contributed by atoms with Crippen molar-refractivity contribution >= 4 is 5.71 Å². The average molecular weight is 143 g/mol. The lowest BCUT2D eigenvalue weighted by Gasteiger charge is -2.19. The molecular weight excluding hydrogens is 130 g/mol. The Morgan fingerprint density at radius 2 is 2.60 bits per heavy atom. The first-order valence-electron chi connectivity index (χ1n) is 3.41. The highest BCUT2D eigenvalue weighted by Crippen LogP contribution is 1.96. The number of nitrogens with zero attached hydrogens (tertiary/aromatic N) is 1. The minimum absolute atomic E-state index is 0.0844. The molecule has 4 nitrogen and oxygen atoms in total. The molecule has 0 saturated carbocycles. The van der Waals surface area contributed by atoms with Gasteiger partial charge in [0.1, 0.15) is 7.11 Å². The quantitative estimate of drug-likeness (QED) is 0.478. The minimum atomic E-state index is 0.0844. The number of piperidine rings is 1. The van der Waals surface area contributed by atoms with Gasteiger partial charge in [-0.2, -0.15) is 0 Å². The first kappa shape index (κ1) is 7.50. The molecule has 0 aromatic heterocycles. The van der Waals surface area contributed by atoms with Gasteiger partial charge in [0, 0.05) is 12.6 Å². The van der Waals surface area contributed by atoms with Gasteiger partial charge >= 0.3 is 0 Å².